The van der Waals surface area contributed by atoms with Crippen LogP contribution in [-0.2, 0) is 39.9 Å². The Morgan fingerprint density at radius 1 is 0.812 bits per heavy atom. The van der Waals surface area contributed by atoms with Crippen molar-refractivity contribution in [2.45, 2.75) is 25.8 Å². The standard InChI is InChI=1S/C30H41N15S3/c1-31-25-35-28(39-36-25)42(2)13-10-21-16-24(48-19-21)34-29-40-37-26(44(29)4)32-11-8-20-15-23(47-18-20)17-43(3)30-41-38-27(45(30)5)33-12-9-22-7-6-14-46-22/h6-7,14-16,18-19H,8-13,17H2,1-5H3,(H,32,37)(H,33,38)(H,34,40)(H2,31,35,36,39). The Bertz CT molecular complexity index is 1860. The van der Waals surface area contributed by atoms with Gasteiger partial charge in [0.05, 0.1) is 11.5 Å². The zero-order chi connectivity index (χ0) is 33.5. The Kier molecular flexibility index (Phi) is 10.7. The minimum Gasteiger partial charge on any atom is -0.358 e. The van der Waals surface area contributed by atoms with Gasteiger partial charge in [-0.2, -0.15) is 4.98 Å². The molecule has 0 saturated heterocycles. The highest BCUT2D eigenvalue weighted by Gasteiger charge is 2.15. The number of hydrogen-bond donors (Lipinski definition) is 5. The van der Waals surface area contributed by atoms with Gasteiger partial charge in [-0.25, -0.2) is 5.10 Å². The van der Waals surface area contributed by atoms with Crippen LogP contribution in [0.3, 0.4) is 0 Å². The summed E-state index contributed by atoms with van der Waals surface area (Å²) in [5, 5.41) is 45.3. The van der Waals surface area contributed by atoms with Gasteiger partial charge in [0.15, 0.2) is 0 Å². The SMILES string of the molecule is CNc1nc(N(C)CCc2csc(Nc3nnc(NCCc4csc(CN(C)c5nnc(NCCc6cccs6)n5C)c4)n3C)c2)n[nH]1. The number of likely N-dealkylation sites (N-methyl/N-ethyl adjacent to an activating group) is 1. The van der Waals surface area contributed by atoms with Crippen molar-refractivity contribution in [3.8, 4) is 0 Å². The van der Waals surface area contributed by atoms with Crippen LogP contribution in [0.15, 0.2) is 40.4 Å². The molecule has 254 valence electrons. The molecule has 0 bridgehead atoms. The first-order chi connectivity index (χ1) is 23.4. The fraction of sp³-hybridized carbons (Fsp3) is 0.400. The Morgan fingerprint density at radius 3 is 2.35 bits per heavy atom. The molecule has 48 heavy (non-hydrogen) atoms. The number of nitrogens with one attached hydrogen (secondary N) is 5. The number of hydrogen-bond acceptors (Lipinski definition) is 15. The van der Waals surface area contributed by atoms with Crippen molar-refractivity contribution in [1.29, 1.82) is 0 Å². The van der Waals surface area contributed by atoms with E-state index in [1.54, 1.807) is 34.0 Å². The third kappa shape index (κ3) is 8.23. The molecule has 18 heteroatoms. The van der Waals surface area contributed by atoms with E-state index < -0.39 is 0 Å². The lowest BCUT2D eigenvalue weighted by atomic mass is 10.2. The van der Waals surface area contributed by atoms with E-state index in [1.165, 1.54) is 20.9 Å². The molecule has 0 aromatic carbocycles. The second kappa shape index (κ2) is 15.5. The number of aromatic amines is 1. The van der Waals surface area contributed by atoms with Crippen molar-refractivity contribution in [1.82, 2.24) is 44.7 Å². The van der Waals surface area contributed by atoms with Crippen molar-refractivity contribution in [3.63, 3.8) is 0 Å². The molecule has 6 heterocycles. The summed E-state index contributed by atoms with van der Waals surface area (Å²) >= 11 is 5.19. The van der Waals surface area contributed by atoms with Gasteiger partial charge in [0.25, 0.3) is 0 Å². The molecule has 0 saturated carbocycles. The fourth-order valence-corrected chi connectivity index (χ4v) is 7.55. The zero-order valence-electron chi connectivity index (χ0n) is 27.7. The highest BCUT2D eigenvalue weighted by Crippen LogP contribution is 2.26. The highest BCUT2D eigenvalue weighted by molar-refractivity contribution is 7.14. The molecule has 0 aliphatic carbocycles. The molecular formula is C30H41N15S3. The molecule has 0 radical (unpaired) electrons. The quantitative estimate of drug-likeness (QED) is 0.0844. The average Bonchev–Trinajstić information content (AvgIpc) is 3.93. The molecular weight excluding hydrogens is 667 g/mol. The van der Waals surface area contributed by atoms with Crippen LogP contribution in [0.4, 0.5) is 40.7 Å². The third-order valence-corrected chi connectivity index (χ3v) is 10.6. The van der Waals surface area contributed by atoms with Gasteiger partial charge >= 0.3 is 0 Å². The Hall–Kier alpha value is -4.68. The van der Waals surface area contributed by atoms with E-state index >= 15 is 0 Å². The van der Waals surface area contributed by atoms with E-state index in [0.717, 1.165) is 68.3 Å². The van der Waals surface area contributed by atoms with Crippen molar-refractivity contribution >= 4 is 74.7 Å². The molecule has 15 nitrogen and oxygen atoms in total. The first kappa shape index (κ1) is 33.2. The van der Waals surface area contributed by atoms with E-state index in [-0.39, 0.29) is 0 Å². The van der Waals surface area contributed by atoms with Crippen LogP contribution in [0.1, 0.15) is 20.9 Å². The summed E-state index contributed by atoms with van der Waals surface area (Å²) in [6, 6.07) is 8.65. The second-order valence-electron chi connectivity index (χ2n) is 11.3. The summed E-state index contributed by atoms with van der Waals surface area (Å²) in [5.41, 5.74) is 2.52. The topological polar surface area (TPSA) is 158 Å². The Morgan fingerprint density at radius 2 is 1.56 bits per heavy atom. The average molecular weight is 708 g/mol. The molecule has 5 N–H and O–H groups in total. The normalized spacial score (nSPS) is 11.2. The van der Waals surface area contributed by atoms with Gasteiger partial charge in [-0.1, -0.05) is 6.07 Å². The first-order valence-electron chi connectivity index (χ1n) is 15.6. The minimum atomic E-state index is 0.652. The number of nitrogens with zero attached hydrogens (tertiary/aromatic N) is 10. The summed E-state index contributed by atoms with van der Waals surface area (Å²) in [4.78, 5) is 11.2. The molecule has 0 atom stereocenters. The van der Waals surface area contributed by atoms with E-state index in [2.05, 4.69) is 109 Å². The number of rotatable bonds is 18. The number of aromatic nitrogens is 9. The number of H-pyrrole nitrogens is 1. The lowest BCUT2D eigenvalue weighted by Crippen LogP contribution is -2.21. The predicted molar refractivity (Wildman–Crippen MR) is 198 cm³/mol. The minimum absolute atomic E-state index is 0.652. The van der Waals surface area contributed by atoms with Crippen molar-refractivity contribution < 1.29 is 0 Å². The van der Waals surface area contributed by atoms with Crippen molar-refractivity contribution in [2.75, 3.05) is 71.8 Å². The predicted octanol–water partition coefficient (Wildman–Crippen LogP) is 4.66. The van der Waals surface area contributed by atoms with Gasteiger partial charge < -0.3 is 31.1 Å². The van der Waals surface area contributed by atoms with Crippen LogP contribution in [0.2, 0.25) is 0 Å². The van der Waals surface area contributed by atoms with Crippen LogP contribution in [-0.4, -0.2) is 85.5 Å². The van der Waals surface area contributed by atoms with Crippen molar-refractivity contribution in [2.24, 2.45) is 14.1 Å². The summed E-state index contributed by atoms with van der Waals surface area (Å²) in [5.74, 6) is 4.34. The van der Waals surface area contributed by atoms with Crippen molar-refractivity contribution in [3.05, 3.63) is 61.3 Å². The second-order valence-corrected chi connectivity index (χ2v) is 14.3. The lowest BCUT2D eigenvalue weighted by Gasteiger charge is -2.17. The van der Waals surface area contributed by atoms with Crippen LogP contribution in [0.25, 0.3) is 0 Å². The molecule has 0 fully saturated rings. The van der Waals surface area contributed by atoms with Gasteiger partial charge in [0, 0.05) is 64.6 Å². The third-order valence-electron chi connectivity index (χ3n) is 7.78. The maximum absolute atomic E-state index is 4.43. The maximum Gasteiger partial charge on any atom is 0.246 e. The largest absolute Gasteiger partial charge is 0.358 e. The zero-order valence-corrected chi connectivity index (χ0v) is 30.1. The Balaban J connectivity index is 0.932. The van der Waals surface area contributed by atoms with E-state index in [0.29, 0.717) is 17.8 Å². The van der Waals surface area contributed by atoms with Gasteiger partial charge in [0.2, 0.25) is 35.7 Å². The molecule has 0 spiro atoms. The van der Waals surface area contributed by atoms with Crippen LogP contribution in [0.5, 0.6) is 0 Å². The molecule has 6 aromatic heterocycles. The molecule has 0 unspecified atom stereocenters. The van der Waals surface area contributed by atoms with E-state index in [9.17, 15) is 0 Å². The van der Waals surface area contributed by atoms with Gasteiger partial charge in [-0.05, 0) is 64.7 Å². The fourth-order valence-electron chi connectivity index (χ4n) is 5.03. The molecule has 0 aliphatic rings. The molecule has 0 amide bonds. The van der Waals surface area contributed by atoms with Gasteiger partial charge in [-0.3, -0.25) is 9.13 Å². The number of anilines is 7. The summed E-state index contributed by atoms with van der Waals surface area (Å²) in [6.45, 7) is 3.13. The molecule has 0 aliphatic heterocycles. The lowest BCUT2D eigenvalue weighted by molar-refractivity contribution is 0.810. The monoisotopic (exact) mass is 707 g/mol. The maximum atomic E-state index is 4.43. The smallest absolute Gasteiger partial charge is 0.246 e. The van der Waals surface area contributed by atoms with Crippen LogP contribution in [0, 0.1) is 0 Å². The summed E-state index contributed by atoms with van der Waals surface area (Å²) < 4.78 is 3.95. The van der Waals surface area contributed by atoms with E-state index in [4.69, 9.17) is 0 Å². The highest BCUT2D eigenvalue weighted by atomic mass is 32.1. The summed E-state index contributed by atoms with van der Waals surface area (Å²) in [7, 11) is 9.81. The Labute approximate surface area is 291 Å². The van der Waals surface area contributed by atoms with Crippen LogP contribution < -0.4 is 31.1 Å². The van der Waals surface area contributed by atoms with Gasteiger partial charge in [-0.15, -0.1) is 59.5 Å². The van der Waals surface area contributed by atoms with Gasteiger partial charge in [0.1, 0.15) is 0 Å². The summed E-state index contributed by atoms with van der Waals surface area (Å²) in [6.07, 6.45) is 2.72. The van der Waals surface area contributed by atoms with Crippen LogP contribution >= 0.6 is 34.0 Å². The van der Waals surface area contributed by atoms with E-state index in [1.807, 2.05) is 42.2 Å². The molecule has 6 aromatic rings. The molecule has 6 rings (SSSR count). The first-order valence-corrected chi connectivity index (χ1v) is 18.2. The number of thiophene rings is 3.